The van der Waals surface area contributed by atoms with Crippen molar-refractivity contribution in [3.63, 3.8) is 0 Å². The van der Waals surface area contributed by atoms with Crippen LogP contribution in [0.25, 0.3) is 0 Å². The van der Waals surface area contributed by atoms with Crippen molar-refractivity contribution >= 4 is 22.6 Å². The normalized spacial score (nSPS) is 11.4. The van der Waals surface area contributed by atoms with Gasteiger partial charge in [0.1, 0.15) is 0 Å². The fraction of sp³-hybridized carbons (Fsp3) is 1.00. The molecule has 0 saturated heterocycles. The molecule has 0 fully saturated rings. The topological polar surface area (TPSA) is 64.6 Å². The third-order valence-corrected chi connectivity index (χ3v) is 4.04. The zero-order valence-electron chi connectivity index (χ0n) is 17.7. The van der Waals surface area contributed by atoms with Gasteiger partial charge in [0, 0.05) is 11.0 Å². The predicted octanol–water partition coefficient (Wildman–Crippen LogP) is 3.12. The van der Waals surface area contributed by atoms with Crippen molar-refractivity contribution in [3.05, 3.63) is 0 Å². The average molecular weight is 520 g/mol. The van der Waals surface area contributed by atoms with E-state index >= 15 is 0 Å². The lowest BCUT2D eigenvalue weighted by Gasteiger charge is -2.08. The van der Waals surface area contributed by atoms with Gasteiger partial charge in [-0.15, -0.1) is 0 Å². The van der Waals surface area contributed by atoms with Gasteiger partial charge in [0.05, 0.1) is 85.9 Å². The highest BCUT2D eigenvalue weighted by atomic mass is 127. The summed E-state index contributed by atoms with van der Waals surface area (Å²) < 4.78 is 38.9. The van der Waals surface area contributed by atoms with Gasteiger partial charge >= 0.3 is 0 Å². The van der Waals surface area contributed by atoms with Crippen LogP contribution in [-0.2, 0) is 33.2 Å². The number of rotatable bonds is 25. The molecule has 0 spiro atoms. The van der Waals surface area contributed by atoms with E-state index in [4.69, 9.17) is 33.2 Å². The third-order valence-electron chi connectivity index (χ3n) is 3.60. The maximum absolute atomic E-state index is 5.50. The smallest absolute Gasteiger partial charge is 0.0701 e. The van der Waals surface area contributed by atoms with Crippen LogP contribution in [0.2, 0.25) is 0 Å². The first kappa shape index (κ1) is 28.5. The van der Waals surface area contributed by atoms with E-state index in [2.05, 4.69) is 29.5 Å². The summed E-state index contributed by atoms with van der Waals surface area (Å²) in [7, 11) is 0. The van der Waals surface area contributed by atoms with Crippen LogP contribution in [0.4, 0.5) is 0 Å². The number of hydrogen-bond donors (Lipinski definition) is 0. The first-order valence-electron chi connectivity index (χ1n) is 10.5. The zero-order valence-corrected chi connectivity index (χ0v) is 19.8. The van der Waals surface area contributed by atoms with E-state index in [1.165, 1.54) is 19.3 Å². The molecule has 0 aromatic heterocycles. The summed E-state index contributed by atoms with van der Waals surface area (Å²) in [4.78, 5) is 0. The molecule has 0 unspecified atom stereocenters. The van der Waals surface area contributed by atoms with Crippen LogP contribution < -0.4 is 0 Å². The second-order valence-corrected chi connectivity index (χ2v) is 7.11. The molecule has 0 heterocycles. The molecule has 0 bridgehead atoms. The van der Waals surface area contributed by atoms with Crippen LogP contribution in [0.5, 0.6) is 0 Å². The molecule has 0 N–H and O–H groups in total. The Hall–Kier alpha value is 0.450. The molecule has 0 amide bonds. The van der Waals surface area contributed by atoms with Crippen molar-refractivity contribution in [2.45, 2.75) is 32.6 Å². The van der Waals surface area contributed by atoms with Crippen molar-refractivity contribution < 1.29 is 33.2 Å². The Kier molecular flexibility index (Phi) is 27.9. The Morgan fingerprint density at radius 1 is 0.393 bits per heavy atom. The minimum absolute atomic E-state index is 0.564. The number of hydrogen-bond acceptors (Lipinski definition) is 7. The lowest BCUT2D eigenvalue weighted by Crippen LogP contribution is -2.14. The van der Waals surface area contributed by atoms with Gasteiger partial charge < -0.3 is 33.2 Å². The number of alkyl halides is 1. The molecule has 0 aliphatic carbocycles. The first-order chi connectivity index (χ1) is 13.9. The van der Waals surface area contributed by atoms with E-state index in [0.717, 1.165) is 24.1 Å². The summed E-state index contributed by atoms with van der Waals surface area (Å²) in [5.41, 5.74) is 0. The molecule has 8 heteroatoms. The average Bonchev–Trinajstić information content (AvgIpc) is 2.71. The van der Waals surface area contributed by atoms with E-state index in [-0.39, 0.29) is 0 Å². The second kappa shape index (κ2) is 27.5. The van der Waals surface area contributed by atoms with Crippen LogP contribution in [0, 0.1) is 0 Å². The Morgan fingerprint density at radius 3 is 1.04 bits per heavy atom. The molecule has 0 aromatic carbocycles. The number of halogens is 1. The zero-order chi connectivity index (χ0) is 20.4. The summed E-state index contributed by atoms with van der Waals surface area (Å²) in [5, 5.41) is 0. The van der Waals surface area contributed by atoms with Crippen molar-refractivity contribution in [3.8, 4) is 0 Å². The fourth-order valence-corrected chi connectivity index (χ4v) is 2.42. The van der Waals surface area contributed by atoms with Gasteiger partial charge in [-0.1, -0.05) is 48.8 Å². The lowest BCUT2D eigenvalue weighted by molar-refractivity contribution is -0.0201. The maximum Gasteiger partial charge on any atom is 0.0701 e. The molecule has 0 saturated carbocycles. The lowest BCUT2D eigenvalue weighted by atomic mass is 10.2. The molecule has 7 nitrogen and oxygen atoms in total. The molecule has 0 atom stereocenters. The summed E-state index contributed by atoms with van der Waals surface area (Å²) in [6.07, 6.45) is 4.94. The predicted molar refractivity (Wildman–Crippen MR) is 119 cm³/mol. The summed E-state index contributed by atoms with van der Waals surface area (Å²) >= 11 is 2.28. The Labute approximate surface area is 185 Å². The van der Waals surface area contributed by atoms with E-state index in [1.807, 2.05) is 0 Å². The molecule has 0 aromatic rings. The van der Waals surface area contributed by atoms with E-state index in [1.54, 1.807) is 0 Å². The summed E-state index contributed by atoms with van der Waals surface area (Å²) in [6.45, 7) is 11.0. The van der Waals surface area contributed by atoms with Gasteiger partial charge in [-0.3, -0.25) is 0 Å². The molecule has 0 aliphatic rings. The van der Waals surface area contributed by atoms with Crippen LogP contribution >= 0.6 is 22.6 Å². The monoisotopic (exact) mass is 520 g/mol. The summed E-state index contributed by atoms with van der Waals surface area (Å²) in [5.74, 6) is 0. The van der Waals surface area contributed by atoms with Gasteiger partial charge in [-0.05, 0) is 6.42 Å². The molecule has 28 heavy (non-hydrogen) atoms. The number of unbranched alkanes of at least 4 members (excludes halogenated alkanes) is 3. The molecule has 0 aliphatic heterocycles. The molecule has 0 rings (SSSR count). The first-order valence-corrected chi connectivity index (χ1v) is 12.0. The van der Waals surface area contributed by atoms with Crippen molar-refractivity contribution in [1.29, 1.82) is 0 Å². The Bertz CT molecular complexity index is 247. The van der Waals surface area contributed by atoms with Gasteiger partial charge in [0.15, 0.2) is 0 Å². The molecular formula is C20H41IO7. The Morgan fingerprint density at radius 2 is 0.714 bits per heavy atom. The summed E-state index contributed by atoms with van der Waals surface area (Å²) in [6, 6.07) is 0. The van der Waals surface area contributed by atoms with Crippen molar-refractivity contribution in [2.75, 3.05) is 96.9 Å². The van der Waals surface area contributed by atoms with E-state index < -0.39 is 0 Å². The minimum atomic E-state index is 0.564. The van der Waals surface area contributed by atoms with E-state index in [0.29, 0.717) is 79.3 Å². The number of ether oxygens (including phenoxy) is 7. The minimum Gasteiger partial charge on any atom is -0.379 e. The highest BCUT2D eigenvalue weighted by molar-refractivity contribution is 14.1. The Balaban J connectivity index is 2.96. The largest absolute Gasteiger partial charge is 0.379 e. The fourth-order valence-electron chi connectivity index (χ4n) is 2.11. The second-order valence-electron chi connectivity index (χ2n) is 6.04. The van der Waals surface area contributed by atoms with Gasteiger partial charge in [-0.2, -0.15) is 0 Å². The van der Waals surface area contributed by atoms with Crippen LogP contribution in [0.15, 0.2) is 0 Å². The highest BCUT2D eigenvalue weighted by Crippen LogP contribution is 1.98. The SMILES string of the molecule is CCCCCCOCCOCCOCCOCCOCCOCCOCCI. The molecule has 170 valence electrons. The van der Waals surface area contributed by atoms with Crippen molar-refractivity contribution in [1.82, 2.24) is 0 Å². The van der Waals surface area contributed by atoms with Crippen molar-refractivity contribution in [2.24, 2.45) is 0 Å². The molecular weight excluding hydrogens is 479 g/mol. The quantitative estimate of drug-likeness (QED) is 0.104. The van der Waals surface area contributed by atoms with Crippen LogP contribution in [0.3, 0.4) is 0 Å². The van der Waals surface area contributed by atoms with Gasteiger partial charge in [-0.25, -0.2) is 0 Å². The van der Waals surface area contributed by atoms with E-state index in [9.17, 15) is 0 Å². The molecule has 0 radical (unpaired) electrons. The standard InChI is InChI=1S/C20H41IO7/c1-2-3-4-5-7-22-9-11-24-13-15-26-17-19-28-20-18-27-16-14-25-12-10-23-8-6-21/h2-20H2,1H3. The highest BCUT2D eigenvalue weighted by Gasteiger charge is 1.94. The third kappa shape index (κ3) is 26.4. The van der Waals surface area contributed by atoms with Gasteiger partial charge in [0.25, 0.3) is 0 Å². The van der Waals surface area contributed by atoms with Crippen LogP contribution in [-0.4, -0.2) is 96.9 Å². The van der Waals surface area contributed by atoms with Gasteiger partial charge in [0.2, 0.25) is 0 Å². The maximum atomic E-state index is 5.50. The van der Waals surface area contributed by atoms with Crippen LogP contribution in [0.1, 0.15) is 32.6 Å².